The maximum absolute atomic E-state index is 13.3. The molecule has 4 saturated carbocycles. The number of carbonyl (C=O) groups is 2. The highest BCUT2D eigenvalue weighted by molar-refractivity contribution is 5.93. The quantitative estimate of drug-likeness (QED) is 0.372. The second-order valence-electron chi connectivity index (χ2n) is 16.4. The average molecular weight is 597 g/mol. The Labute approximate surface area is 257 Å². The molecule has 0 radical (unpaired) electrons. The molecule has 0 aromatic carbocycles. The third-order valence-corrected chi connectivity index (χ3v) is 14.0. The third kappa shape index (κ3) is 4.19. The normalized spacial score (nSPS) is 50.6. The average Bonchev–Trinajstić information content (AvgIpc) is 3.53. The summed E-state index contributed by atoms with van der Waals surface area (Å²) in [5, 5.41) is 13.3. The van der Waals surface area contributed by atoms with Crippen LogP contribution in [0.25, 0.3) is 0 Å². The highest BCUT2D eigenvalue weighted by Gasteiger charge is 2.83. The Morgan fingerprint density at radius 1 is 1.07 bits per heavy atom. The molecular weight excluding hydrogens is 544 g/mol. The van der Waals surface area contributed by atoms with E-state index in [4.69, 9.17) is 18.9 Å². The molecule has 1 N–H and O–H groups in total. The van der Waals surface area contributed by atoms with Gasteiger partial charge in [0.25, 0.3) is 0 Å². The molecule has 12 atom stereocenters. The number of rotatable bonds is 6. The molecular formula is C36H52O7. The van der Waals surface area contributed by atoms with Gasteiger partial charge in [-0.1, -0.05) is 34.1 Å². The standard InChI is InChI=1S/C36H52O7/c1-7-32(3,4)20-34(6)36-25(22-16-30(38)40-19-22)13-15-35(36,39)26-9-8-23-17-24(42-31-11-10-28(37)21(2)41-31)12-14-33(23,5)27(26)18-29(36)43-34/h10-11,16,21,23-27,29,31,39H,7-9,12-15,17-20H2,1-6H3. The lowest BCUT2D eigenvalue weighted by Crippen LogP contribution is -2.82. The first-order valence-electron chi connectivity index (χ1n) is 17.1. The van der Waals surface area contributed by atoms with Gasteiger partial charge in [0.2, 0.25) is 0 Å². The lowest BCUT2D eigenvalue weighted by atomic mass is 9.37. The smallest absolute Gasteiger partial charge is 0.331 e. The fourth-order valence-corrected chi connectivity index (χ4v) is 11.8. The Bertz CT molecular complexity index is 1240. The molecule has 3 aliphatic heterocycles. The summed E-state index contributed by atoms with van der Waals surface area (Å²) in [4.78, 5) is 24.1. The van der Waals surface area contributed by atoms with Crippen LogP contribution in [0, 0.1) is 39.9 Å². The maximum atomic E-state index is 13.3. The van der Waals surface area contributed by atoms with Gasteiger partial charge in [0.15, 0.2) is 12.1 Å². The van der Waals surface area contributed by atoms with Crippen LogP contribution in [0.5, 0.6) is 0 Å². The largest absolute Gasteiger partial charge is 0.458 e. The van der Waals surface area contributed by atoms with Crippen molar-refractivity contribution in [3.8, 4) is 0 Å². The van der Waals surface area contributed by atoms with E-state index in [1.807, 2.05) is 0 Å². The molecule has 4 aliphatic carbocycles. The number of ether oxygens (including phenoxy) is 4. The maximum Gasteiger partial charge on any atom is 0.331 e. The first-order valence-corrected chi connectivity index (χ1v) is 17.1. The van der Waals surface area contributed by atoms with E-state index in [1.54, 1.807) is 25.2 Å². The van der Waals surface area contributed by atoms with Gasteiger partial charge < -0.3 is 24.1 Å². The molecule has 0 aromatic heterocycles. The van der Waals surface area contributed by atoms with E-state index in [0.717, 1.165) is 69.8 Å². The number of ketones is 1. The van der Waals surface area contributed by atoms with E-state index < -0.39 is 29.0 Å². The number of aliphatic hydroxyl groups is 1. The number of esters is 1. The zero-order chi connectivity index (χ0) is 30.6. The van der Waals surface area contributed by atoms with Gasteiger partial charge in [-0.05, 0) is 124 Å². The second-order valence-corrected chi connectivity index (χ2v) is 16.4. The van der Waals surface area contributed by atoms with Crippen LogP contribution in [0.15, 0.2) is 23.8 Å². The minimum atomic E-state index is -0.834. The van der Waals surface area contributed by atoms with Crippen molar-refractivity contribution in [3.63, 3.8) is 0 Å². The molecule has 0 amide bonds. The van der Waals surface area contributed by atoms with Gasteiger partial charge in [0.1, 0.15) is 12.7 Å². The molecule has 0 aromatic rings. The van der Waals surface area contributed by atoms with Gasteiger partial charge in [-0.2, -0.15) is 0 Å². The van der Waals surface area contributed by atoms with E-state index in [9.17, 15) is 14.7 Å². The van der Waals surface area contributed by atoms with Gasteiger partial charge in [-0.15, -0.1) is 0 Å². The minimum Gasteiger partial charge on any atom is -0.458 e. The second kappa shape index (κ2) is 9.98. The Balaban J connectivity index is 1.18. The molecule has 5 fully saturated rings. The zero-order valence-corrected chi connectivity index (χ0v) is 27.0. The monoisotopic (exact) mass is 596 g/mol. The van der Waals surface area contributed by atoms with Gasteiger partial charge in [-0.25, -0.2) is 4.79 Å². The highest BCUT2D eigenvalue weighted by Crippen LogP contribution is 2.78. The number of hydrogen-bond acceptors (Lipinski definition) is 7. The van der Waals surface area contributed by atoms with Crippen molar-refractivity contribution in [3.05, 3.63) is 23.8 Å². The highest BCUT2D eigenvalue weighted by atomic mass is 16.7. The van der Waals surface area contributed by atoms with Crippen molar-refractivity contribution >= 4 is 11.8 Å². The zero-order valence-electron chi connectivity index (χ0n) is 27.0. The lowest BCUT2D eigenvalue weighted by molar-refractivity contribution is -0.415. The third-order valence-electron chi connectivity index (χ3n) is 14.0. The molecule has 7 rings (SSSR count). The van der Waals surface area contributed by atoms with Crippen LogP contribution in [0.4, 0.5) is 0 Å². The Hall–Kier alpha value is -1.54. The van der Waals surface area contributed by atoms with Crippen molar-refractivity contribution in [1.82, 2.24) is 0 Å². The Morgan fingerprint density at radius 3 is 2.56 bits per heavy atom. The molecule has 1 spiro atoms. The molecule has 7 aliphatic rings. The lowest BCUT2D eigenvalue weighted by Gasteiger charge is -2.76. The minimum absolute atomic E-state index is 0.00855. The fraction of sp³-hybridized carbons (Fsp3) is 0.833. The molecule has 7 nitrogen and oxygen atoms in total. The van der Waals surface area contributed by atoms with Crippen molar-refractivity contribution in [2.75, 3.05) is 6.61 Å². The first kappa shape index (κ1) is 30.1. The van der Waals surface area contributed by atoms with Gasteiger partial charge in [0, 0.05) is 6.08 Å². The summed E-state index contributed by atoms with van der Waals surface area (Å²) >= 11 is 0. The Morgan fingerprint density at radius 2 is 1.86 bits per heavy atom. The van der Waals surface area contributed by atoms with Crippen molar-refractivity contribution < 1.29 is 33.6 Å². The first-order chi connectivity index (χ1) is 20.3. The summed E-state index contributed by atoms with van der Waals surface area (Å²) in [6, 6.07) is 0. The summed E-state index contributed by atoms with van der Waals surface area (Å²) in [7, 11) is 0. The van der Waals surface area contributed by atoms with Crippen LogP contribution in [-0.4, -0.2) is 59.3 Å². The van der Waals surface area contributed by atoms with Crippen molar-refractivity contribution in [2.24, 2.45) is 39.9 Å². The van der Waals surface area contributed by atoms with E-state index in [1.165, 1.54) is 0 Å². The van der Waals surface area contributed by atoms with Crippen LogP contribution >= 0.6 is 0 Å². The summed E-state index contributed by atoms with van der Waals surface area (Å²) in [5.41, 5.74) is -0.436. The van der Waals surface area contributed by atoms with Crippen LogP contribution in [0.1, 0.15) is 106 Å². The summed E-state index contributed by atoms with van der Waals surface area (Å²) in [6.07, 6.45) is 13.9. The molecule has 1 saturated heterocycles. The molecule has 3 heterocycles. The molecule has 238 valence electrons. The predicted octanol–water partition coefficient (Wildman–Crippen LogP) is 6.07. The molecule has 0 bridgehead atoms. The summed E-state index contributed by atoms with van der Waals surface area (Å²) in [5.74, 6) is 0.971. The number of hydrogen-bond donors (Lipinski definition) is 1. The number of carbonyl (C=O) groups excluding carboxylic acids is 2. The van der Waals surface area contributed by atoms with Crippen LogP contribution < -0.4 is 0 Å². The fourth-order valence-electron chi connectivity index (χ4n) is 11.8. The van der Waals surface area contributed by atoms with E-state index in [-0.39, 0.29) is 46.6 Å². The van der Waals surface area contributed by atoms with Crippen LogP contribution in [0.2, 0.25) is 0 Å². The SMILES string of the molecule is CCC(C)(C)CC1(C)OC2CC3C(CCC4CC(OC5C=CC(=O)C(C)O5)CCC43C)C3(O)CCC(C4=CC(=O)OC4)C213. The number of fused-ring (bicyclic) bond motifs is 4. The van der Waals surface area contributed by atoms with Gasteiger partial charge >= 0.3 is 5.97 Å². The molecule has 12 unspecified atom stereocenters. The predicted molar refractivity (Wildman–Crippen MR) is 161 cm³/mol. The van der Waals surface area contributed by atoms with Gasteiger partial charge in [-0.3, -0.25) is 4.79 Å². The van der Waals surface area contributed by atoms with Crippen LogP contribution in [-0.2, 0) is 28.5 Å². The topological polar surface area (TPSA) is 91.3 Å². The summed E-state index contributed by atoms with van der Waals surface area (Å²) in [6.45, 7) is 13.8. The van der Waals surface area contributed by atoms with E-state index in [0.29, 0.717) is 18.4 Å². The van der Waals surface area contributed by atoms with Crippen molar-refractivity contribution in [1.29, 1.82) is 0 Å². The molecule has 43 heavy (non-hydrogen) atoms. The molecule has 7 heteroatoms. The van der Waals surface area contributed by atoms with Crippen LogP contribution in [0.3, 0.4) is 0 Å². The Kier molecular flexibility index (Phi) is 6.99. The summed E-state index contributed by atoms with van der Waals surface area (Å²) < 4.78 is 24.8. The number of cyclic esters (lactones) is 1. The van der Waals surface area contributed by atoms with E-state index in [2.05, 4.69) is 34.6 Å². The van der Waals surface area contributed by atoms with Gasteiger partial charge in [0.05, 0.1) is 28.8 Å². The van der Waals surface area contributed by atoms with E-state index >= 15 is 0 Å². The van der Waals surface area contributed by atoms with Crippen molar-refractivity contribution in [2.45, 2.75) is 142 Å².